The van der Waals surface area contributed by atoms with Gasteiger partial charge >= 0.3 is 0 Å². The largest absolute Gasteiger partial charge is 0.355 e. The van der Waals surface area contributed by atoms with Gasteiger partial charge in [-0.15, -0.1) is 0 Å². The van der Waals surface area contributed by atoms with E-state index in [2.05, 4.69) is 66.3 Å². The van der Waals surface area contributed by atoms with Crippen molar-refractivity contribution in [2.45, 2.75) is 19.8 Å². The van der Waals surface area contributed by atoms with E-state index in [1.807, 2.05) is 6.07 Å². The lowest BCUT2D eigenvalue weighted by atomic mass is 10.2. The van der Waals surface area contributed by atoms with Gasteiger partial charge in [0.15, 0.2) is 0 Å². The van der Waals surface area contributed by atoms with Gasteiger partial charge < -0.3 is 9.80 Å². The molecule has 0 saturated carbocycles. The second-order valence-corrected chi connectivity index (χ2v) is 7.83. The highest BCUT2D eigenvalue weighted by molar-refractivity contribution is 9.10. The van der Waals surface area contributed by atoms with Crippen molar-refractivity contribution < 1.29 is 0 Å². The van der Waals surface area contributed by atoms with Crippen molar-refractivity contribution in [3.05, 3.63) is 40.6 Å². The Morgan fingerprint density at radius 2 is 1.88 bits per heavy atom. The van der Waals surface area contributed by atoms with Crippen LogP contribution in [-0.2, 0) is 6.42 Å². The minimum Gasteiger partial charge on any atom is -0.355 e. The van der Waals surface area contributed by atoms with Crippen LogP contribution in [0.15, 0.2) is 34.8 Å². The Kier molecular flexibility index (Phi) is 4.85. The lowest BCUT2D eigenvalue weighted by Gasteiger charge is -2.22. The van der Waals surface area contributed by atoms with Crippen LogP contribution in [0.1, 0.15) is 19.2 Å². The number of rotatable bonds is 3. The summed E-state index contributed by atoms with van der Waals surface area (Å²) >= 11 is 5.04. The molecule has 5 nitrogen and oxygen atoms in total. The summed E-state index contributed by atoms with van der Waals surface area (Å²) in [6.45, 7) is 6.05. The molecule has 1 aliphatic rings. The third kappa shape index (κ3) is 3.62. The summed E-state index contributed by atoms with van der Waals surface area (Å²) in [5, 5.41) is 2.21. The van der Waals surface area contributed by atoms with Crippen molar-refractivity contribution in [1.82, 2.24) is 14.3 Å². The maximum atomic E-state index is 4.86. The zero-order valence-corrected chi connectivity index (χ0v) is 16.6. The Labute approximate surface area is 160 Å². The number of aryl methyl sites for hydroxylation is 1. The molecule has 0 N–H and O–H groups in total. The van der Waals surface area contributed by atoms with Gasteiger partial charge in [0.1, 0.15) is 11.6 Å². The van der Waals surface area contributed by atoms with Crippen molar-refractivity contribution in [2.75, 3.05) is 36.0 Å². The number of benzene rings is 1. The molecule has 0 unspecified atom stereocenters. The number of halogens is 1. The number of hydrogen-bond donors (Lipinski definition) is 0. The molecule has 1 saturated heterocycles. The molecule has 0 atom stereocenters. The molecule has 7 heteroatoms. The van der Waals surface area contributed by atoms with E-state index in [0.717, 1.165) is 71.2 Å². The SMILES string of the molecule is CCc1nsc(N2CCCN(c3ccc4cc(Br)ccc4n3)CC2)n1. The van der Waals surface area contributed by atoms with Gasteiger partial charge in [-0.05, 0) is 36.8 Å². The highest BCUT2D eigenvalue weighted by Crippen LogP contribution is 2.24. The molecule has 2 aromatic heterocycles. The number of hydrogen-bond acceptors (Lipinski definition) is 6. The predicted molar refractivity (Wildman–Crippen MR) is 108 cm³/mol. The van der Waals surface area contributed by atoms with Crippen LogP contribution in [0.4, 0.5) is 10.9 Å². The molecule has 0 aliphatic carbocycles. The smallest absolute Gasteiger partial charge is 0.205 e. The van der Waals surface area contributed by atoms with Gasteiger partial charge in [0.25, 0.3) is 0 Å². The van der Waals surface area contributed by atoms with Crippen LogP contribution < -0.4 is 9.80 Å². The third-order valence-corrected chi connectivity index (χ3v) is 5.81. The lowest BCUT2D eigenvalue weighted by Crippen LogP contribution is -2.31. The maximum absolute atomic E-state index is 4.86. The Balaban J connectivity index is 1.51. The summed E-state index contributed by atoms with van der Waals surface area (Å²) in [6.07, 6.45) is 1.99. The van der Waals surface area contributed by atoms with Crippen LogP contribution in [0.3, 0.4) is 0 Å². The molecule has 0 amide bonds. The van der Waals surface area contributed by atoms with Gasteiger partial charge in [-0.2, -0.15) is 4.37 Å². The first kappa shape index (κ1) is 16.7. The average molecular weight is 418 g/mol. The van der Waals surface area contributed by atoms with Gasteiger partial charge in [0, 0.05) is 54.0 Å². The summed E-state index contributed by atoms with van der Waals surface area (Å²) in [5.41, 5.74) is 1.04. The summed E-state index contributed by atoms with van der Waals surface area (Å²) in [6, 6.07) is 10.5. The number of pyridine rings is 1. The molecule has 1 fully saturated rings. The van der Waals surface area contributed by atoms with E-state index in [1.165, 1.54) is 11.5 Å². The fraction of sp³-hybridized carbons (Fsp3) is 0.389. The molecule has 3 aromatic rings. The fourth-order valence-corrected chi connectivity index (χ4v) is 4.30. The fourth-order valence-electron chi connectivity index (χ4n) is 3.12. The first-order valence-electron chi connectivity index (χ1n) is 8.62. The van der Waals surface area contributed by atoms with Crippen LogP contribution in [0, 0.1) is 0 Å². The molecule has 4 rings (SSSR count). The topological polar surface area (TPSA) is 45.2 Å². The summed E-state index contributed by atoms with van der Waals surface area (Å²) in [7, 11) is 0. The van der Waals surface area contributed by atoms with Crippen LogP contribution in [-0.4, -0.2) is 40.5 Å². The highest BCUT2D eigenvalue weighted by Gasteiger charge is 2.19. The average Bonchev–Trinajstić information content (AvgIpc) is 2.98. The van der Waals surface area contributed by atoms with Crippen molar-refractivity contribution in [1.29, 1.82) is 0 Å². The minimum absolute atomic E-state index is 0.896. The second-order valence-electron chi connectivity index (χ2n) is 6.18. The molecule has 1 aliphatic heterocycles. The normalized spacial score (nSPS) is 15.6. The van der Waals surface area contributed by atoms with Gasteiger partial charge in [0.05, 0.1) is 5.52 Å². The van der Waals surface area contributed by atoms with Crippen molar-refractivity contribution in [3.8, 4) is 0 Å². The zero-order chi connectivity index (χ0) is 17.2. The molecule has 130 valence electrons. The Bertz CT molecular complexity index is 881. The van der Waals surface area contributed by atoms with E-state index in [0.29, 0.717) is 0 Å². The van der Waals surface area contributed by atoms with E-state index < -0.39 is 0 Å². The van der Waals surface area contributed by atoms with Gasteiger partial charge in [-0.1, -0.05) is 22.9 Å². The van der Waals surface area contributed by atoms with Gasteiger partial charge in [-0.3, -0.25) is 0 Å². The quantitative estimate of drug-likeness (QED) is 0.640. The summed E-state index contributed by atoms with van der Waals surface area (Å²) in [5.74, 6) is 2.01. The number of fused-ring (bicyclic) bond motifs is 1. The Morgan fingerprint density at radius 1 is 1.04 bits per heavy atom. The standard InChI is InChI=1S/C18H20BrN5S/c1-2-16-21-18(25-22-16)24-9-3-8-23(10-11-24)17-7-4-13-12-14(19)5-6-15(13)20-17/h4-7,12H,2-3,8-11H2,1H3. The number of anilines is 2. The van der Waals surface area contributed by atoms with Crippen LogP contribution in [0.5, 0.6) is 0 Å². The highest BCUT2D eigenvalue weighted by atomic mass is 79.9. The Hall–Kier alpha value is -1.73. The number of nitrogens with zero attached hydrogens (tertiary/aromatic N) is 5. The molecular weight excluding hydrogens is 398 g/mol. The van der Waals surface area contributed by atoms with Crippen molar-refractivity contribution in [2.24, 2.45) is 0 Å². The van der Waals surface area contributed by atoms with E-state index in [9.17, 15) is 0 Å². The van der Waals surface area contributed by atoms with Crippen molar-refractivity contribution in [3.63, 3.8) is 0 Å². The summed E-state index contributed by atoms with van der Waals surface area (Å²) < 4.78 is 5.50. The molecule has 1 aromatic carbocycles. The van der Waals surface area contributed by atoms with Crippen molar-refractivity contribution >= 4 is 49.3 Å². The van der Waals surface area contributed by atoms with Crippen LogP contribution in [0.2, 0.25) is 0 Å². The van der Waals surface area contributed by atoms with Gasteiger partial charge in [-0.25, -0.2) is 9.97 Å². The molecule has 3 heterocycles. The second kappa shape index (κ2) is 7.25. The van der Waals surface area contributed by atoms with Gasteiger partial charge in [0.2, 0.25) is 5.13 Å². The number of aromatic nitrogens is 3. The zero-order valence-electron chi connectivity index (χ0n) is 14.2. The summed E-state index contributed by atoms with van der Waals surface area (Å²) in [4.78, 5) is 14.2. The third-order valence-electron chi connectivity index (χ3n) is 4.50. The molecule has 0 spiro atoms. The molecule has 0 radical (unpaired) electrons. The van der Waals surface area contributed by atoms with E-state index >= 15 is 0 Å². The first-order valence-corrected chi connectivity index (χ1v) is 10.2. The molecule has 0 bridgehead atoms. The van der Waals surface area contributed by atoms with E-state index in [1.54, 1.807) is 0 Å². The van der Waals surface area contributed by atoms with E-state index in [4.69, 9.17) is 4.98 Å². The lowest BCUT2D eigenvalue weighted by molar-refractivity contribution is 0.797. The first-order chi connectivity index (χ1) is 12.2. The van der Waals surface area contributed by atoms with E-state index in [-0.39, 0.29) is 0 Å². The van der Waals surface area contributed by atoms with Crippen LogP contribution >= 0.6 is 27.5 Å². The monoisotopic (exact) mass is 417 g/mol. The Morgan fingerprint density at radius 3 is 2.72 bits per heavy atom. The molecule has 25 heavy (non-hydrogen) atoms. The maximum Gasteiger partial charge on any atom is 0.205 e. The van der Waals surface area contributed by atoms with Crippen LogP contribution in [0.25, 0.3) is 10.9 Å². The minimum atomic E-state index is 0.896. The predicted octanol–water partition coefficient (Wildman–Crippen LogP) is 4.13. The molecular formula is C18H20BrN5S.